The summed E-state index contributed by atoms with van der Waals surface area (Å²) in [6.45, 7) is 4.87. The molecule has 0 spiro atoms. The first-order valence-electron chi connectivity index (χ1n) is 9.07. The number of carbonyl (C=O) groups excluding carboxylic acids is 1. The minimum atomic E-state index is -0.646. The van der Waals surface area contributed by atoms with Gasteiger partial charge >= 0.3 is 0 Å². The summed E-state index contributed by atoms with van der Waals surface area (Å²) in [5.74, 6) is 1.72. The lowest BCUT2D eigenvalue weighted by Gasteiger charge is -2.41. The third-order valence-electron chi connectivity index (χ3n) is 5.42. The minimum absolute atomic E-state index is 0.128. The van der Waals surface area contributed by atoms with Crippen LogP contribution < -0.4 is 10.6 Å². The summed E-state index contributed by atoms with van der Waals surface area (Å²) in [6, 6.07) is 2.02. The van der Waals surface area contributed by atoms with Gasteiger partial charge in [0.15, 0.2) is 0 Å². The number of fused-ring (bicyclic) bond motifs is 1. The zero-order chi connectivity index (χ0) is 17.4. The maximum atomic E-state index is 12.9. The molecule has 134 valence electrons. The summed E-state index contributed by atoms with van der Waals surface area (Å²) >= 11 is 0. The maximum absolute atomic E-state index is 12.9. The zero-order valence-corrected chi connectivity index (χ0v) is 14.7. The summed E-state index contributed by atoms with van der Waals surface area (Å²) in [5.41, 5.74) is 6.69. The van der Waals surface area contributed by atoms with Crippen molar-refractivity contribution in [2.24, 2.45) is 5.73 Å². The standard InChI is InChI=1S/C17H25N7O/c1-13-11-14(24-16(21-13)19-12-20-24)22-7-9-23(10-8-22)15(25)17(18)5-3-2-4-6-17/h11-12H,2-10,18H2,1H3. The van der Waals surface area contributed by atoms with Crippen molar-refractivity contribution in [3.63, 3.8) is 0 Å². The van der Waals surface area contributed by atoms with Gasteiger partial charge in [0.25, 0.3) is 5.78 Å². The van der Waals surface area contributed by atoms with Crippen LogP contribution in [-0.2, 0) is 4.79 Å². The number of piperazine rings is 1. The molecule has 0 bridgehead atoms. The van der Waals surface area contributed by atoms with Crippen LogP contribution in [0, 0.1) is 6.92 Å². The van der Waals surface area contributed by atoms with Gasteiger partial charge in [-0.25, -0.2) is 4.98 Å². The number of hydrogen-bond donors (Lipinski definition) is 1. The van der Waals surface area contributed by atoms with Crippen molar-refractivity contribution in [3.05, 3.63) is 18.1 Å². The van der Waals surface area contributed by atoms with Crippen LogP contribution in [0.5, 0.6) is 0 Å². The number of nitrogens with zero attached hydrogens (tertiary/aromatic N) is 6. The van der Waals surface area contributed by atoms with Gasteiger partial charge in [-0.1, -0.05) is 19.3 Å². The highest BCUT2D eigenvalue weighted by Crippen LogP contribution is 2.28. The van der Waals surface area contributed by atoms with E-state index in [4.69, 9.17) is 5.73 Å². The van der Waals surface area contributed by atoms with Gasteiger partial charge in [0.2, 0.25) is 5.91 Å². The fourth-order valence-corrected chi connectivity index (χ4v) is 3.99. The van der Waals surface area contributed by atoms with Crippen LogP contribution in [0.2, 0.25) is 0 Å². The van der Waals surface area contributed by atoms with Crippen LogP contribution in [0.15, 0.2) is 12.4 Å². The number of hydrogen-bond acceptors (Lipinski definition) is 6. The average molecular weight is 343 g/mol. The van der Waals surface area contributed by atoms with E-state index >= 15 is 0 Å². The average Bonchev–Trinajstić information content (AvgIpc) is 3.09. The second kappa shape index (κ2) is 6.25. The molecule has 1 saturated heterocycles. The van der Waals surface area contributed by atoms with Gasteiger partial charge in [-0.2, -0.15) is 14.6 Å². The second-order valence-corrected chi connectivity index (χ2v) is 7.22. The highest BCUT2D eigenvalue weighted by molar-refractivity contribution is 5.86. The predicted molar refractivity (Wildman–Crippen MR) is 94.3 cm³/mol. The number of aromatic nitrogens is 4. The Morgan fingerprint density at radius 1 is 1.16 bits per heavy atom. The van der Waals surface area contributed by atoms with Crippen molar-refractivity contribution in [2.45, 2.75) is 44.6 Å². The van der Waals surface area contributed by atoms with E-state index in [1.807, 2.05) is 17.9 Å². The van der Waals surface area contributed by atoms with Crippen molar-refractivity contribution in [1.29, 1.82) is 0 Å². The van der Waals surface area contributed by atoms with E-state index in [0.29, 0.717) is 18.9 Å². The Morgan fingerprint density at radius 2 is 1.88 bits per heavy atom. The fourth-order valence-electron chi connectivity index (χ4n) is 3.99. The van der Waals surface area contributed by atoms with Crippen molar-refractivity contribution in [1.82, 2.24) is 24.5 Å². The summed E-state index contributed by atoms with van der Waals surface area (Å²) < 4.78 is 1.76. The topological polar surface area (TPSA) is 92.7 Å². The normalized spacial score (nSPS) is 20.9. The van der Waals surface area contributed by atoms with E-state index in [-0.39, 0.29) is 5.91 Å². The molecule has 0 aromatic carbocycles. The van der Waals surface area contributed by atoms with Crippen LogP contribution >= 0.6 is 0 Å². The molecule has 1 aliphatic heterocycles. The Bertz CT molecular complexity index is 772. The largest absolute Gasteiger partial charge is 0.353 e. The summed E-state index contributed by atoms with van der Waals surface area (Å²) in [6.07, 6.45) is 6.46. The second-order valence-electron chi connectivity index (χ2n) is 7.22. The first-order valence-corrected chi connectivity index (χ1v) is 9.07. The number of amides is 1. The van der Waals surface area contributed by atoms with Crippen LogP contribution in [0.3, 0.4) is 0 Å². The van der Waals surface area contributed by atoms with Crippen LogP contribution in [-0.4, -0.2) is 62.1 Å². The monoisotopic (exact) mass is 343 g/mol. The molecule has 2 aromatic heterocycles. The lowest BCUT2D eigenvalue weighted by Crippen LogP contribution is -2.60. The third kappa shape index (κ3) is 2.95. The molecular formula is C17H25N7O. The van der Waals surface area contributed by atoms with Crippen molar-refractivity contribution in [2.75, 3.05) is 31.1 Å². The Kier molecular flexibility index (Phi) is 4.07. The third-order valence-corrected chi connectivity index (χ3v) is 5.42. The highest BCUT2D eigenvalue weighted by Gasteiger charge is 2.39. The number of anilines is 1. The van der Waals surface area contributed by atoms with E-state index in [9.17, 15) is 4.79 Å². The van der Waals surface area contributed by atoms with Crippen LogP contribution in [0.4, 0.5) is 5.82 Å². The van der Waals surface area contributed by atoms with Gasteiger partial charge in [-0.05, 0) is 19.8 Å². The Balaban J connectivity index is 1.48. The summed E-state index contributed by atoms with van der Waals surface area (Å²) in [4.78, 5) is 25.6. The number of nitrogens with two attached hydrogens (primary N) is 1. The van der Waals surface area contributed by atoms with Gasteiger partial charge in [-0.3, -0.25) is 4.79 Å². The molecule has 8 heteroatoms. The molecule has 0 unspecified atom stereocenters. The molecule has 2 N–H and O–H groups in total. The molecule has 1 aliphatic carbocycles. The molecule has 25 heavy (non-hydrogen) atoms. The van der Waals surface area contributed by atoms with Gasteiger partial charge in [0.1, 0.15) is 12.1 Å². The Hall–Kier alpha value is -2.22. The quantitative estimate of drug-likeness (QED) is 0.865. The van der Waals surface area contributed by atoms with Gasteiger partial charge < -0.3 is 15.5 Å². The van der Waals surface area contributed by atoms with Crippen LogP contribution in [0.1, 0.15) is 37.8 Å². The van der Waals surface area contributed by atoms with Gasteiger partial charge in [0, 0.05) is 37.9 Å². The smallest absolute Gasteiger partial charge is 0.254 e. The first kappa shape index (κ1) is 16.3. The van der Waals surface area contributed by atoms with Crippen molar-refractivity contribution < 1.29 is 4.79 Å². The van der Waals surface area contributed by atoms with E-state index in [2.05, 4.69) is 20.0 Å². The lowest BCUT2D eigenvalue weighted by atomic mass is 9.81. The summed E-state index contributed by atoms with van der Waals surface area (Å²) in [7, 11) is 0. The predicted octanol–water partition coefficient (Wildman–Crippen LogP) is 0.743. The number of carbonyl (C=O) groups is 1. The molecule has 0 atom stereocenters. The minimum Gasteiger partial charge on any atom is -0.353 e. The van der Waals surface area contributed by atoms with E-state index in [0.717, 1.165) is 50.3 Å². The molecule has 1 saturated carbocycles. The van der Waals surface area contributed by atoms with Gasteiger partial charge in [-0.15, -0.1) is 0 Å². The molecule has 1 amide bonds. The Morgan fingerprint density at radius 3 is 2.60 bits per heavy atom. The number of rotatable bonds is 2. The van der Waals surface area contributed by atoms with E-state index in [1.165, 1.54) is 12.7 Å². The SMILES string of the molecule is Cc1cc(N2CCN(C(=O)C3(N)CCCCC3)CC2)n2ncnc2n1. The fraction of sp³-hybridized carbons (Fsp3) is 0.647. The molecule has 2 aromatic rings. The maximum Gasteiger partial charge on any atom is 0.254 e. The molecule has 2 fully saturated rings. The molecule has 2 aliphatic rings. The highest BCUT2D eigenvalue weighted by atomic mass is 16.2. The van der Waals surface area contributed by atoms with E-state index < -0.39 is 5.54 Å². The molecule has 4 rings (SSSR count). The summed E-state index contributed by atoms with van der Waals surface area (Å²) in [5, 5.41) is 4.27. The Labute approximate surface area is 147 Å². The first-order chi connectivity index (χ1) is 12.1. The molecule has 0 radical (unpaired) electrons. The molecule has 3 heterocycles. The van der Waals surface area contributed by atoms with E-state index in [1.54, 1.807) is 4.52 Å². The van der Waals surface area contributed by atoms with Crippen LogP contribution in [0.25, 0.3) is 5.78 Å². The number of aryl methyl sites for hydroxylation is 1. The molecule has 8 nitrogen and oxygen atoms in total. The van der Waals surface area contributed by atoms with Gasteiger partial charge in [0.05, 0.1) is 5.54 Å². The zero-order valence-electron chi connectivity index (χ0n) is 14.7. The molecular weight excluding hydrogens is 318 g/mol. The van der Waals surface area contributed by atoms with Crippen molar-refractivity contribution in [3.8, 4) is 0 Å². The lowest BCUT2D eigenvalue weighted by molar-refractivity contribution is -0.138. The van der Waals surface area contributed by atoms with Crippen molar-refractivity contribution >= 4 is 17.5 Å².